The van der Waals surface area contributed by atoms with Gasteiger partial charge in [0.2, 0.25) is 0 Å². The first kappa shape index (κ1) is 41.9. The molecule has 4 aliphatic rings. The Kier molecular flexibility index (Phi) is 13.4. The zero-order valence-electron chi connectivity index (χ0n) is 35.3. The molecule has 2 unspecified atom stereocenters. The topological polar surface area (TPSA) is 77.8 Å². The summed E-state index contributed by atoms with van der Waals surface area (Å²) in [6, 6.07) is 15.0. The number of likely N-dealkylation sites (N-methyl/N-ethyl adjacent to an activating group) is 1. The molecule has 9 rings (SSSR count). The second-order valence-electron chi connectivity index (χ2n) is 17.5. The smallest absolute Gasteiger partial charge is 0.190 e. The monoisotopic (exact) mass is 854 g/mol. The highest BCUT2D eigenvalue weighted by Crippen LogP contribution is 2.54. The molecule has 3 aliphatic heterocycles. The van der Waals surface area contributed by atoms with Crippen LogP contribution in [0.4, 0.5) is 10.2 Å². The normalized spacial score (nSPS) is 20.6. The van der Waals surface area contributed by atoms with Gasteiger partial charge >= 0.3 is 0 Å². The summed E-state index contributed by atoms with van der Waals surface area (Å²) in [7, 11) is 4.02. The van der Waals surface area contributed by atoms with E-state index in [1.165, 1.54) is 51.0 Å². The third-order valence-electron chi connectivity index (χ3n) is 13.2. The standard InChI is InChI=1S/C48H60ClFN6O3S/c1-54-29-35-25-34(54)30-55(35)47-37-26-36(33-20-21-33)43(42-38-28-51-56(41-19-13-15-23-58-41)40(38)27-39(50)44(42)49)46(59-31-32-17-11-10-12-18-32)45(37)52-48(53-47)60-24-16-9-7-5-3-4-6-8-14-22-57-2/h10-12,17-18,26-28,33-35,41H,3-9,13-16,19-25,29-31H2,1-2H3/t34-,35?,41?/m0/s1. The number of piperazine rings is 1. The van der Waals surface area contributed by atoms with Gasteiger partial charge in [-0.1, -0.05) is 98.6 Å². The molecule has 4 fully saturated rings. The summed E-state index contributed by atoms with van der Waals surface area (Å²) in [6.45, 7) is 3.81. The number of fused-ring (bicyclic) bond motifs is 4. The Morgan fingerprint density at radius 1 is 0.883 bits per heavy atom. The first-order valence-electron chi connectivity index (χ1n) is 22.6. The lowest BCUT2D eigenvalue weighted by molar-refractivity contribution is -0.0366. The van der Waals surface area contributed by atoms with Gasteiger partial charge in [-0.05, 0) is 81.5 Å². The van der Waals surface area contributed by atoms with Crippen molar-refractivity contribution in [1.29, 1.82) is 0 Å². The van der Waals surface area contributed by atoms with E-state index in [-0.39, 0.29) is 17.2 Å². The maximum absolute atomic E-state index is 16.4. The molecule has 2 bridgehead atoms. The highest BCUT2D eigenvalue weighted by atomic mass is 35.5. The molecule has 3 saturated heterocycles. The van der Waals surface area contributed by atoms with Crippen LogP contribution in [0.2, 0.25) is 5.02 Å². The van der Waals surface area contributed by atoms with Crippen LogP contribution >= 0.6 is 23.4 Å². The molecule has 0 radical (unpaired) electrons. The lowest BCUT2D eigenvalue weighted by atomic mass is 9.91. The molecular formula is C48H60ClFN6O3S. The van der Waals surface area contributed by atoms with Gasteiger partial charge in [-0.2, -0.15) is 5.10 Å². The Hall–Kier alpha value is -3.48. The van der Waals surface area contributed by atoms with E-state index in [4.69, 9.17) is 40.9 Å². The number of methoxy groups -OCH3 is 1. The molecule has 60 heavy (non-hydrogen) atoms. The maximum Gasteiger partial charge on any atom is 0.190 e. The van der Waals surface area contributed by atoms with Gasteiger partial charge in [0.05, 0.1) is 16.7 Å². The largest absolute Gasteiger partial charge is 0.486 e. The summed E-state index contributed by atoms with van der Waals surface area (Å²) >= 11 is 8.92. The van der Waals surface area contributed by atoms with Crippen LogP contribution in [0.1, 0.15) is 120 Å². The molecule has 12 heteroatoms. The summed E-state index contributed by atoms with van der Waals surface area (Å²) in [6.07, 6.45) is 18.9. The molecule has 5 heterocycles. The fraction of sp³-hybridized carbons (Fsp3) is 0.562. The summed E-state index contributed by atoms with van der Waals surface area (Å²) in [4.78, 5) is 15.8. The zero-order valence-corrected chi connectivity index (χ0v) is 36.9. The molecule has 3 aromatic carbocycles. The molecule has 5 aromatic rings. The maximum atomic E-state index is 16.4. The SMILES string of the molecule is COCCCCCCCCCCCSc1nc(N2C[C@@H]3CC2CN3C)c2cc(C3CC3)c(-c3c(Cl)c(F)cc4c3cnn4C3CCCCO3)c(OCc3ccccc3)c2n1. The van der Waals surface area contributed by atoms with Crippen LogP contribution in [-0.4, -0.2) is 82.9 Å². The first-order valence-corrected chi connectivity index (χ1v) is 24.0. The van der Waals surface area contributed by atoms with E-state index in [0.29, 0.717) is 42.1 Å². The summed E-state index contributed by atoms with van der Waals surface area (Å²) in [5.74, 6) is 2.38. The summed E-state index contributed by atoms with van der Waals surface area (Å²) in [5, 5.41) is 7.46. The van der Waals surface area contributed by atoms with Crippen LogP contribution in [0.5, 0.6) is 5.75 Å². The second-order valence-corrected chi connectivity index (χ2v) is 18.9. The average Bonchev–Trinajstić information content (AvgIpc) is 3.76. The van der Waals surface area contributed by atoms with Gasteiger partial charge < -0.3 is 19.1 Å². The van der Waals surface area contributed by atoms with Gasteiger partial charge in [0.1, 0.15) is 23.8 Å². The molecule has 3 atom stereocenters. The molecule has 0 spiro atoms. The summed E-state index contributed by atoms with van der Waals surface area (Å²) in [5.41, 5.74) is 5.03. The van der Waals surface area contributed by atoms with E-state index in [1.54, 1.807) is 18.9 Å². The lowest BCUT2D eigenvalue weighted by Gasteiger charge is -2.34. The van der Waals surface area contributed by atoms with E-state index in [2.05, 4.69) is 35.0 Å². The molecule has 1 aliphatic carbocycles. The Labute approximate surface area is 363 Å². The number of ether oxygens (including phenoxy) is 3. The number of thioether (sulfide) groups is 1. The Balaban J connectivity index is 1.11. The van der Waals surface area contributed by atoms with Gasteiger partial charge in [0.25, 0.3) is 0 Å². The van der Waals surface area contributed by atoms with E-state index in [9.17, 15) is 0 Å². The number of unbranched alkanes of at least 4 members (excludes halogenated alkanes) is 8. The van der Waals surface area contributed by atoms with Gasteiger partial charge in [-0.25, -0.2) is 19.0 Å². The van der Waals surface area contributed by atoms with Crippen LogP contribution in [-0.2, 0) is 16.1 Å². The van der Waals surface area contributed by atoms with Gasteiger partial charge in [0, 0.05) is 79.2 Å². The Morgan fingerprint density at radius 2 is 1.67 bits per heavy atom. The Morgan fingerprint density at radius 3 is 2.37 bits per heavy atom. The number of halogens is 2. The van der Waals surface area contributed by atoms with Gasteiger partial charge in [-0.3, -0.25) is 4.90 Å². The first-order chi connectivity index (χ1) is 29.5. The predicted molar refractivity (Wildman–Crippen MR) is 241 cm³/mol. The fourth-order valence-corrected chi connectivity index (χ4v) is 10.8. The third-order valence-corrected chi connectivity index (χ3v) is 14.5. The molecule has 1 saturated carbocycles. The number of rotatable bonds is 20. The molecular weight excluding hydrogens is 795 g/mol. The van der Waals surface area contributed by atoms with Crippen LogP contribution in [0.25, 0.3) is 32.9 Å². The van der Waals surface area contributed by atoms with Crippen LogP contribution in [0.15, 0.2) is 53.8 Å². The van der Waals surface area contributed by atoms with Crippen LogP contribution in [0, 0.1) is 5.82 Å². The minimum atomic E-state index is -0.480. The number of likely N-dealkylation sites (tertiary alicyclic amines) is 1. The highest BCUT2D eigenvalue weighted by Gasteiger charge is 2.43. The summed E-state index contributed by atoms with van der Waals surface area (Å²) < 4.78 is 36.6. The van der Waals surface area contributed by atoms with Crippen molar-refractivity contribution in [3.05, 3.63) is 70.6 Å². The number of hydrogen-bond acceptors (Lipinski definition) is 9. The Bertz CT molecular complexity index is 2250. The van der Waals surface area contributed by atoms with Gasteiger partial charge in [0.15, 0.2) is 17.1 Å². The number of aromatic nitrogens is 4. The van der Waals surface area contributed by atoms with Crippen LogP contribution < -0.4 is 9.64 Å². The molecule has 9 nitrogen and oxygen atoms in total. The fourth-order valence-electron chi connectivity index (χ4n) is 9.74. The van der Waals surface area contributed by atoms with Crippen LogP contribution in [0.3, 0.4) is 0 Å². The average molecular weight is 856 g/mol. The number of nitrogens with zero attached hydrogens (tertiary/aromatic N) is 6. The highest BCUT2D eigenvalue weighted by molar-refractivity contribution is 7.99. The van der Waals surface area contributed by atoms with Crippen molar-refractivity contribution in [3.8, 4) is 16.9 Å². The van der Waals surface area contributed by atoms with E-state index < -0.39 is 5.82 Å². The minimum absolute atomic E-state index is 0.0762. The molecule has 320 valence electrons. The zero-order chi connectivity index (χ0) is 41.0. The molecule has 2 aromatic heterocycles. The predicted octanol–water partition coefficient (Wildman–Crippen LogP) is 11.7. The van der Waals surface area contributed by atoms with Crippen molar-refractivity contribution in [3.63, 3.8) is 0 Å². The minimum Gasteiger partial charge on any atom is -0.486 e. The lowest BCUT2D eigenvalue weighted by Crippen LogP contribution is -2.45. The number of benzene rings is 3. The van der Waals surface area contributed by atoms with Crippen molar-refractivity contribution in [2.45, 2.75) is 132 Å². The van der Waals surface area contributed by atoms with Crippen molar-refractivity contribution >= 4 is 51.0 Å². The quantitative estimate of drug-likeness (QED) is 0.0432. The van der Waals surface area contributed by atoms with E-state index in [0.717, 1.165) is 121 Å². The second kappa shape index (κ2) is 19.3. The molecule has 0 N–H and O–H groups in total. The number of hydrogen-bond donors (Lipinski definition) is 0. The van der Waals surface area contributed by atoms with Gasteiger partial charge in [-0.15, -0.1) is 0 Å². The third kappa shape index (κ3) is 9.03. The van der Waals surface area contributed by atoms with E-state index in [1.807, 2.05) is 29.1 Å². The van der Waals surface area contributed by atoms with E-state index >= 15 is 4.39 Å². The molecule has 0 amide bonds. The van der Waals surface area contributed by atoms with Crippen molar-refractivity contribution < 1.29 is 18.6 Å². The van der Waals surface area contributed by atoms with Crippen molar-refractivity contribution in [2.75, 3.05) is 51.1 Å². The number of anilines is 1. The van der Waals surface area contributed by atoms with Crippen molar-refractivity contribution in [2.24, 2.45) is 0 Å². The van der Waals surface area contributed by atoms with Crippen molar-refractivity contribution in [1.82, 2.24) is 24.6 Å².